The first kappa shape index (κ1) is 20.1. The number of rotatable bonds is 6. The predicted octanol–water partition coefficient (Wildman–Crippen LogP) is 4.26. The third-order valence-electron chi connectivity index (χ3n) is 6.00. The second kappa shape index (κ2) is 8.69. The summed E-state index contributed by atoms with van der Waals surface area (Å²) >= 11 is 0. The quantitative estimate of drug-likeness (QED) is 0.622. The van der Waals surface area contributed by atoms with Gasteiger partial charge in [0.05, 0.1) is 6.20 Å². The smallest absolute Gasteiger partial charge is 0.254 e. The van der Waals surface area contributed by atoms with E-state index in [1.807, 2.05) is 30.0 Å². The van der Waals surface area contributed by atoms with Crippen molar-refractivity contribution in [2.24, 2.45) is 0 Å². The number of carbonyl (C=O) groups excluding carboxylic acids is 2. The molecule has 0 atom stereocenters. The fourth-order valence-electron chi connectivity index (χ4n) is 4.37. The van der Waals surface area contributed by atoms with Gasteiger partial charge in [-0.2, -0.15) is 0 Å². The number of phenolic OH excluding ortho intramolecular Hbond substituents is 1. The standard InChI is InChI=1S/C24H27N3O3/c1-2-26(19-8-4-3-5-9-19)24(30)18-12-11-17(21(28)15-18)14-22(29)20-16-25-23-10-6-7-13-27(20)23/h6-7,10-13,15-16,19,28H,2-5,8-9,14H2,1H3. The van der Waals surface area contributed by atoms with Crippen LogP contribution >= 0.6 is 0 Å². The molecule has 1 fully saturated rings. The molecule has 2 aromatic heterocycles. The van der Waals surface area contributed by atoms with Crippen LogP contribution < -0.4 is 0 Å². The Bertz CT molecular complexity index is 1070. The van der Waals surface area contributed by atoms with Crippen molar-refractivity contribution in [2.75, 3.05) is 6.54 Å². The summed E-state index contributed by atoms with van der Waals surface area (Å²) in [6, 6.07) is 10.7. The number of ketones is 1. The molecule has 1 aromatic carbocycles. The molecule has 1 N–H and O–H groups in total. The molecule has 0 radical (unpaired) electrons. The van der Waals surface area contributed by atoms with Gasteiger partial charge in [-0.05, 0) is 44.0 Å². The molecule has 0 aliphatic heterocycles. The van der Waals surface area contributed by atoms with Gasteiger partial charge in [0.1, 0.15) is 17.1 Å². The van der Waals surface area contributed by atoms with Crippen LogP contribution in [0.1, 0.15) is 65.4 Å². The van der Waals surface area contributed by atoms with Crippen LogP contribution in [0.15, 0.2) is 48.8 Å². The van der Waals surface area contributed by atoms with E-state index in [1.54, 1.807) is 28.9 Å². The Morgan fingerprint density at radius 1 is 1.17 bits per heavy atom. The van der Waals surface area contributed by atoms with Crippen LogP contribution in [0.5, 0.6) is 5.75 Å². The van der Waals surface area contributed by atoms with E-state index in [2.05, 4.69) is 4.98 Å². The van der Waals surface area contributed by atoms with Gasteiger partial charge in [-0.3, -0.25) is 14.0 Å². The van der Waals surface area contributed by atoms with Gasteiger partial charge >= 0.3 is 0 Å². The Morgan fingerprint density at radius 2 is 1.97 bits per heavy atom. The molecule has 3 aromatic rings. The van der Waals surface area contributed by atoms with Gasteiger partial charge in [0.15, 0.2) is 5.78 Å². The lowest BCUT2D eigenvalue weighted by molar-refractivity contribution is 0.0647. The molecule has 0 unspecified atom stereocenters. The fraction of sp³-hybridized carbons (Fsp3) is 0.375. The molecule has 1 amide bonds. The normalized spacial score (nSPS) is 14.7. The van der Waals surface area contributed by atoms with Gasteiger partial charge in [-0.15, -0.1) is 0 Å². The number of fused-ring (bicyclic) bond motifs is 1. The Morgan fingerprint density at radius 3 is 2.70 bits per heavy atom. The van der Waals surface area contributed by atoms with E-state index in [0.717, 1.165) is 25.7 Å². The van der Waals surface area contributed by atoms with Gasteiger partial charge in [0.2, 0.25) is 0 Å². The van der Waals surface area contributed by atoms with Gasteiger partial charge in [0.25, 0.3) is 5.91 Å². The van der Waals surface area contributed by atoms with Crippen molar-refractivity contribution < 1.29 is 14.7 Å². The average Bonchev–Trinajstić information content (AvgIpc) is 3.20. The topological polar surface area (TPSA) is 74.9 Å². The van der Waals surface area contributed by atoms with Crippen LogP contribution in [-0.2, 0) is 6.42 Å². The van der Waals surface area contributed by atoms with Crippen molar-refractivity contribution in [2.45, 2.75) is 51.5 Å². The number of phenols is 1. The highest BCUT2D eigenvalue weighted by molar-refractivity contribution is 5.98. The molecule has 4 rings (SSSR count). The maximum absolute atomic E-state index is 13.0. The summed E-state index contributed by atoms with van der Waals surface area (Å²) in [4.78, 5) is 32.0. The third-order valence-corrected chi connectivity index (χ3v) is 6.00. The molecule has 1 aliphatic rings. The number of nitrogens with zero attached hydrogens (tertiary/aromatic N) is 3. The summed E-state index contributed by atoms with van der Waals surface area (Å²) in [6.07, 6.45) is 9.02. The van der Waals surface area contributed by atoms with Crippen molar-refractivity contribution in [1.29, 1.82) is 0 Å². The minimum atomic E-state index is -0.138. The summed E-state index contributed by atoms with van der Waals surface area (Å²) < 4.78 is 1.74. The average molecular weight is 405 g/mol. The first-order valence-electron chi connectivity index (χ1n) is 10.7. The molecule has 0 bridgehead atoms. The Hall–Kier alpha value is -3.15. The van der Waals surface area contributed by atoms with E-state index < -0.39 is 0 Å². The Balaban J connectivity index is 1.51. The number of hydrogen-bond donors (Lipinski definition) is 1. The monoisotopic (exact) mass is 405 g/mol. The summed E-state index contributed by atoms with van der Waals surface area (Å²) in [6.45, 7) is 2.65. The lowest BCUT2D eigenvalue weighted by Gasteiger charge is -2.33. The lowest BCUT2D eigenvalue weighted by Crippen LogP contribution is -2.41. The second-order valence-electron chi connectivity index (χ2n) is 7.90. The largest absolute Gasteiger partial charge is 0.508 e. The highest BCUT2D eigenvalue weighted by Crippen LogP contribution is 2.26. The Kier molecular flexibility index (Phi) is 5.84. The van der Waals surface area contributed by atoms with Gasteiger partial charge in [-0.1, -0.05) is 31.4 Å². The molecular formula is C24H27N3O3. The molecule has 2 heterocycles. The number of amides is 1. The van der Waals surface area contributed by atoms with E-state index >= 15 is 0 Å². The lowest BCUT2D eigenvalue weighted by atomic mass is 9.93. The maximum atomic E-state index is 13.0. The molecule has 30 heavy (non-hydrogen) atoms. The zero-order valence-corrected chi connectivity index (χ0v) is 17.3. The van der Waals surface area contributed by atoms with E-state index in [9.17, 15) is 14.7 Å². The van der Waals surface area contributed by atoms with Crippen molar-refractivity contribution in [1.82, 2.24) is 14.3 Å². The van der Waals surface area contributed by atoms with Crippen molar-refractivity contribution in [3.63, 3.8) is 0 Å². The number of aromatic nitrogens is 2. The molecule has 6 nitrogen and oxygen atoms in total. The van der Waals surface area contributed by atoms with E-state index in [-0.39, 0.29) is 29.9 Å². The number of Topliss-reactive ketones (excluding diaryl/α,β-unsaturated/α-hetero) is 1. The van der Waals surface area contributed by atoms with Crippen LogP contribution in [0.2, 0.25) is 0 Å². The van der Waals surface area contributed by atoms with Crippen molar-refractivity contribution in [3.8, 4) is 5.75 Å². The highest BCUT2D eigenvalue weighted by Gasteiger charge is 2.25. The Labute approximate surface area is 176 Å². The van der Waals surface area contributed by atoms with E-state index in [1.165, 1.54) is 12.5 Å². The number of carbonyl (C=O) groups is 2. The zero-order chi connectivity index (χ0) is 21.1. The first-order valence-corrected chi connectivity index (χ1v) is 10.7. The number of aromatic hydroxyl groups is 1. The molecule has 1 saturated carbocycles. The van der Waals surface area contributed by atoms with Crippen LogP contribution in [-0.4, -0.2) is 43.7 Å². The van der Waals surface area contributed by atoms with Crippen molar-refractivity contribution >= 4 is 17.3 Å². The van der Waals surface area contributed by atoms with Crippen LogP contribution in [0.25, 0.3) is 5.65 Å². The minimum absolute atomic E-state index is 0.0253. The van der Waals surface area contributed by atoms with Crippen molar-refractivity contribution in [3.05, 3.63) is 65.6 Å². The maximum Gasteiger partial charge on any atom is 0.254 e. The molecular weight excluding hydrogens is 378 g/mol. The molecule has 156 valence electrons. The van der Waals surface area contributed by atoms with Gasteiger partial charge in [-0.25, -0.2) is 4.98 Å². The molecule has 0 spiro atoms. The van der Waals surface area contributed by atoms with Crippen LogP contribution in [0.3, 0.4) is 0 Å². The molecule has 6 heteroatoms. The van der Waals surface area contributed by atoms with Crippen LogP contribution in [0.4, 0.5) is 0 Å². The SMILES string of the molecule is CCN(C(=O)c1ccc(CC(=O)c2cnc3ccccn23)c(O)c1)C1CCCCC1. The number of hydrogen-bond acceptors (Lipinski definition) is 4. The summed E-state index contributed by atoms with van der Waals surface area (Å²) in [5, 5.41) is 10.5. The molecule has 1 aliphatic carbocycles. The summed E-state index contributed by atoms with van der Waals surface area (Å²) in [5.41, 5.74) is 2.14. The van der Waals surface area contributed by atoms with E-state index in [0.29, 0.717) is 29.0 Å². The van der Waals surface area contributed by atoms with Crippen LogP contribution in [0, 0.1) is 0 Å². The number of benzene rings is 1. The van der Waals surface area contributed by atoms with Gasteiger partial charge < -0.3 is 10.0 Å². The molecule has 0 saturated heterocycles. The minimum Gasteiger partial charge on any atom is -0.508 e. The third kappa shape index (κ3) is 3.95. The predicted molar refractivity (Wildman–Crippen MR) is 115 cm³/mol. The highest BCUT2D eigenvalue weighted by atomic mass is 16.3. The first-order chi connectivity index (χ1) is 14.6. The summed E-state index contributed by atoms with van der Waals surface area (Å²) in [5.74, 6) is -0.220. The second-order valence-corrected chi connectivity index (χ2v) is 7.90. The fourth-order valence-corrected chi connectivity index (χ4v) is 4.37. The summed E-state index contributed by atoms with van der Waals surface area (Å²) in [7, 11) is 0. The van der Waals surface area contributed by atoms with Gasteiger partial charge in [0, 0.05) is 36.3 Å². The number of imidazole rings is 1. The number of pyridine rings is 1. The van der Waals surface area contributed by atoms with E-state index in [4.69, 9.17) is 0 Å². The zero-order valence-electron chi connectivity index (χ0n) is 17.3.